The molecule has 1 aliphatic heterocycles. The van der Waals surface area contributed by atoms with E-state index in [9.17, 15) is 4.79 Å². The zero-order valence-corrected chi connectivity index (χ0v) is 9.41. The Bertz CT molecular complexity index is 419. The fourth-order valence-electron chi connectivity index (χ4n) is 1.78. The maximum Gasteiger partial charge on any atom is 0.274 e. The summed E-state index contributed by atoms with van der Waals surface area (Å²) in [6.45, 7) is 3.17. The molecule has 0 saturated carbocycles. The molecule has 0 atom stereocenters. The molecule has 0 aromatic carbocycles. The second kappa shape index (κ2) is 5.37. The van der Waals surface area contributed by atoms with Gasteiger partial charge in [-0.05, 0) is 0 Å². The van der Waals surface area contributed by atoms with Gasteiger partial charge in [0.2, 0.25) is 0 Å². The van der Waals surface area contributed by atoms with Crippen molar-refractivity contribution in [2.75, 3.05) is 32.7 Å². The standard InChI is InChI=1S/C11H13N5O/c12-1-4-15-5-7-16(8-6-15)11(17)10-9-13-2-3-14-10/h2-3,9H,4-8H2. The fourth-order valence-corrected chi connectivity index (χ4v) is 1.78. The zero-order chi connectivity index (χ0) is 12.1. The Kier molecular flexibility index (Phi) is 3.62. The van der Waals surface area contributed by atoms with E-state index < -0.39 is 0 Å². The lowest BCUT2D eigenvalue weighted by Gasteiger charge is -2.33. The van der Waals surface area contributed by atoms with Gasteiger partial charge in [0.1, 0.15) is 5.69 Å². The minimum Gasteiger partial charge on any atom is -0.335 e. The van der Waals surface area contributed by atoms with E-state index in [2.05, 4.69) is 16.0 Å². The monoisotopic (exact) mass is 231 g/mol. The first-order valence-electron chi connectivity index (χ1n) is 5.46. The van der Waals surface area contributed by atoms with E-state index in [-0.39, 0.29) is 5.91 Å². The molecule has 0 aliphatic carbocycles. The number of aromatic nitrogens is 2. The number of rotatable bonds is 2. The molecule has 0 unspecified atom stereocenters. The van der Waals surface area contributed by atoms with Crippen LogP contribution < -0.4 is 0 Å². The predicted octanol–water partition coefficient (Wildman–Crippen LogP) is -0.242. The van der Waals surface area contributed by atoms with Gasteiger partial charge in [0.15, 0.2) is 0 Å². The summed E-state index contributed by atoms with van der Waals surface area (Å²) in [6, 6.07) is 2.11. The Morgan fingerprint density at radius 3 is 2.71 bits per heavy atom. The summed E-state index contributed by atoms with van der Waals surface area (Å²) in [5.74, 6) is -0.0882. The van der Waals surface area contributed by atoms with Gasteiger partial charge >= 0.3 is 0 Å². The maximum atomic E-state index is 12.0. The van der Waals surface area contributed by atoms with Crippen molar-refractivity contribution in [2.24, 2.45) is 0 Å². The Morgan fingerprint density at radius 2 is 2.12 bits per heavy atom. The summed E-state index contributed by atoms with van der Waals surface area (Å²) in [7, 11) is 0. The van der Waals surface area contributed by atoms with Crippen LogP contribution in [0.25, 0.3) is 0 Å². The largest absolute Gasteiger partial charge is 0.335 e. The quantitative estimate of drug-likeness (QED) is 0.657. The Labute approximate surface area is 99.5 Å². The maximum absolute atomic E-state index is 12.0. The van der Waals surface area contributed by atoms with Crippen molar-refractivity contribution < 1.29 is 4.79 Å². The van der Waals surface area contributed by atoms with Gasteiger partial charge in [-0.2, -0.15) is 5.26 Å². The molecular formula is C11H13N5O. The molecule has 88 valence electrons. The lowest BCUT2D eigenvalue weighted by molar-refractivity contribution is 0.0645. The topological polar surface area (TPSA) is 73.1 Å². The molecule has 0 radical (unpaired) electrons. The molecule has 1 saturated heterocycles. The molecule has 2 rings (SSSR count). The van der Waals surface area contributed by atoms with Crippen LogP contribution in [-0.2, 0) is 0 Å². The predicted molar refractivity (Wildman–Crippen MR) is 60.0 cm³/mol. The fraction of sp³-hybridized carbons (Fsp3) is 0.455. The van der Waals surface area contributed by atoms with Crippen LogP contribution in [-0.4, -0.2) is 58.4 Å². The summed E-state index contributed by atoms with van der Waals surface area (Å²) in [4.78, 5) is 23.7. The van der Waals surface area contributed by atoms with Crippen LogP contribution in [0.2, 0.25) is 0 Å². The second-order valence-electron chi connectivity index (χ2n) is 3.82. The number of hydrogen-bond acceptors (Lipinski definition) is 5. The Morgan fingerprint density at radius 1 is 1.35 bits per heavy atom. The highest BCUT2D eigenvalue weighted by atomic mass is 16.2. The van der Waals surface area contributed by atoms with Crippen molar-refractivity contribution in [2.45, 2.75) is 0 Å². The molecule has 0 spiro atoms. The van der Waals surface area contributed by atoms with Gasteiger partial charge in [-0.1, -0.05) is 0 Å². The van der Waals surface area contributed by atoms with Gasteiger partial charge in [-0.15, -0.1) is 0 Å². The molecule has 6 nitrogen and oxygen atoms in total. The summed E-state index contributed by atoms with van der Waals surface area (Å²) in [5.41, 5.74) is 0.376. The van der Waals surface area contributed by atoms with E-state index in [1.807, 2.05) is 4.90 Å². The number of nitriles is 1. The number of carbonyl (C=O) groups is 1. The van der Waals surface area contributed by atoms with Crippen LogP contribution in [0.15, 0.2) is 18.6 Å². The molecule has 1 amide bonds. The molecule has 1 aromatic rings. The zero-order valence-electron chi connectivity index (χ0n) is 9.41. The molecule has 0 bridgehead atoms. The van der Waals surface area contributed by atoms with Crippen LogP contribution in [0.5, 0.6) is 0 Å². The van der Waals surface area contributed by atoms with E-state index in [4.69, 9.17) is 5.26 Å². The highest BCUT2D eigenvalue weighted by Gasteiger charge is 2.22. The number of amides is 1. The SMILES string of the molecule is N#CCN1CCN(C(=O)c2cnccn2)CC1. The van der Waals surface area contributed by atoms with E-state index >= 15 is 0 Å². The van der Waals surface area contributed by atoms with E-state index in [0.29, 0.717) is 25.3 Å². The lowest BCUT2D eigenvalue weighted by Crippen LogP contribution is -2.48. The molecule has 17 heavy (non-hydrogen) atoms. The van der Waals surface area contributed by atoms with Crippen molar-refractivity contribution in [1.82, 2.24) is 19.8 Å². The third-order valence-corrected chi connectivity index (χ3v) is 2.74. The Balaban J connectivity index is 1.93. The van der Waals surface area contributed by atoms with Crippen molar-refractivity contribution in [3.8, 4) is 6.07 Å². The first-order valence-corrected chi connectivity index (χ1v) is 5.46. The molecule has 0 N–H and O–H groups in total. The van der Waals surface area contributed by atoms with Crippen LogP contribution in [0, 0.1) is 11.3 Å². The molecule has 1 aliphatic rings. The van der Waals surface area contributed by atoms with E-state index in [1.165, 1.54) is 12.4 Å². The van der Waals surface area contributed by atoms with Gasteiger partial charge in [0.25, 0.3) is 5.91 Å². The molecule has 1 fully saturated rings. The number of hydrogen-bond donors (Lipinski definition) is 0. The van der Waals surface area contributed by atoms with Crippen LogP contribution in [0.1, 0.15) is 10.5 Å². The molecule has 6 heteroatoms. The van der Waals surface area contributed by atoms with Gasteiger partial charge in [-0.25, -0.2) is 4.98 Å². The summed E-state index contributed by atoms with van der Waals surface area (Å²) < 4.78 is 0. The van der Waals surface area contributed by atoms with E-state index in [0.717, 1.165) is 13.1 Å². The molecule has 2 heterocycles. The Hall–Kier alpha value is -2.00. The van der Waals surface area contributed by atoms with Crippen LogP contribution >= 0.6 is 0 Å². The molecule has 1 aromatic heterocycles. The lowest BCUT2D eigenvalue weighted by atomic mass is 10.3. The highest BCUT2D eigenvalue weighted by molar-refractivity contribution is 5.92. The molecular weight excluding hydrogens is 218 g/mol. The minimum absolute atomic E-state index is 0.0882. The smallest absolute Gasteiger partial charge is 0.274 e. The average Bonchev–Trinajstić information content (AvgIpc) is 2.40. The average molecular weight is 231 g/mol. The van der Waals surface area contributed by atoms with E-state index in [1.54, 1.807) is 11.1 Å². The summed E-state index contributed by atoms with van der Waals surface area (Å²) >= 11 is 0. The third-order valence-electron chi connectivity index (χ3n) is 2.74. The van der Waals surface area contributed by atoms with Crippen molar-refractivity contribution in [3.63, 3.8) is 0 Å². The number of carbonyl (C=O) groups excluding carboxylic acids is 1. The summed E-state index contributed by atoms with van der Waals surface area (Å²) in [5, 5.41) is 8.58. The minimum atomic E-state index is -0.0882. The van der Waals surface area contributed by atoms with Crippen LogP contribution in [0.4, 0.5) is 0 Å². The van der Waals surface area contributed by atoms with Crippen molar-refractivity contribution in [1.29, 1.82) is 5.26 Å². The van der Waals surface area contributed by atoms with Gasteiger partial charge in [0, 0.05) is 38.6 Å². The third kappa shape index (κ3) is 2.77. The van der Waals surface area contributed by atoms with Gasteiger partial charge < -0.3 is 4.90 Å². The normalized spacial score (nSPS) is 16.5. The first-order chi connectivity index (χ1) is 8.31. The number of piperazine rings is 1. The second-order valence-corrected chi connectivity index (χ2v) is 3.82. The van der Waals surface area contributed by atoms with Gasteiger partial charge in [-0.3, -0.25) is 14.7 Å². The van der Waals surface area contributed by atoms with Crippen molar-refractivity contribution >= 4 is 5.91 Å². The van der Waals surface area contributed by atoms with Crippen molar-refractivity contribution in [3.05, 3.63) is 24.3 Å². The first kappa shape index (κ1) is 11.5. The summed E-state index contributed by atoms with van der Waals surface area (Å²) in [6.07, 6.45) is 4.53. The van der Waals surface area contributed by atoms with Crippen LogP contribution in [0.3, 0.4) is 0 Å². The number of nitrogens with zero attached hydrogens (tertiary/aromatic N) is 5. The van der Waals surface area contributed by atoms with Gasteiger partial charge in [0.05, 0.1) is 18.8 Å². The highest BCUT2D eigenvalue weighted by Crippen LogP contribution is 2.05.